The summed E-state index contributed by atoms with van der Waals surface area (Å²) in [5.74, 6) is 0.251. The van der Waals surface area contributed by atoms with Crippen molar-refractivity contribution in [2.75, 3.05) is 17.3 Å². The average Bonchev–Trinajstić information content (AvgIpc) is 2.23. The quantitative estimate of drug-likeness (QED) is 0.451. The van der Waals surface area contributed by atoms with Crippen LogP contribution in [0.25, 0.3) is 0 Å². The molecule has 0 aromatic heterocycles. The molecule has 6 heteroatoms. The van der Waals surface area contributed by atoms with Crippen LogP contribution in [0.15, 0.2) is 24.6 Å². The minimum atomic E-state index is -3.11. The van der Waals surface area contributed by atoms with Crippen LogP contribution in [0.3, 0.4) is 0 Å². The second-order valence-corrected chi connectivity index (χ2v) is 8.15. The van der Waals surface area contributed by atoms with Gasteiger partial charge in [0.25, 0.3) is 0 Å². The van der Waals surface area contributed by atoms with E-state index in [1.165, 1.54) is 6.08 Å². The van der Waals surface area contributed by atoms with Crippen LogP contribution in [0.2, 0.25) is 0 Å². The van der Waals surface area contributed by atoms with Gasteiger partial charge in [-0.3, -0.25) is 0 Å². The van der Waals surface area contributed by atoms with Crippen molar-refractivity contribution in [1.82, 2.24) is 0 Å². The highest BCUT2D eigenvalue weighted by molar-refractivity contribution is 7.94. The lowest BCUT2D eigenvalue weighted by Crippen LogP contribution is -2.09. The molecule has 0 spiro atoms. The largest absolute Gasteiger partial charge is 0.229 e. The molecule has 0 radical (unpaired) electrons. The molecule has 0 atom stereocenters. The van der Waals surface area contributed by atoms with Crippen LogP contribution in [0, 0.1) is 0 Å². The summed E-state index contributed by atoms with van der Waals surface area (Å²) in [5.41, 5.74) is 0. The van der Waals surface area contributed by atoms with Crippen LogP contribution in [-0.4, -0.2) is 34.1 Å². The predicted octanol–water partition coefficient (Wildman–Crippen LogP) is 1.71. The van der Waals surface area contributed by atoms with Crippen molar-refractivity contribution in [2.45, 2.75) is 25.7 Å². The molecule has 0 N–H and O–H groups in total. The molecule has 4 nitrogen and oxygen atoms in total. The molecule has 0 rings (SSSR count). The molecule has 0 aromatic carbocycles. The monoisotopic (exact) mass is 280 g/mol. The fourth-order valence-electron chi connectivity index (χ4n) is 1.33. The number of hydrogen-bond donors (Lipinski definition) is 0. The van der Waals surface area contributed by atoms with Gasteiger partial charge >= 0.3 is 0 Å². The molecule has 0 bridgehead atoms. The van der Waals surface area contributed by atoms with E-state index in [0.29, 0.717) is 12.8 Å². The molecule has 0 saturated heterocycles. The summed E-state index contributed by atoms with van der Waals surface area (Å²) in [7, 11) is -6.12. The first-order valence-electron chi connectivity index (χ1n) is 5.49. The lowest BCUT2D eigenvalue weighted by Gasteiger charge is -2.02. The van der Waals surface area contributed by atoms with Crippen LogP contribution < -0.4 is 0 Å². The van der Waals surface area contributed by atoms with Crippen LogP contribution in [-0.2, 0) is 19.7 Å². The highest BCUT2D eigenvalue weighted by atomic mass is 32.2. The van der Waals surface area contributed by atoms with Crippen molar-refractivity contribution >= 4 is 19.7 Å². The third kappa shape index (κ3) is 9.12. The van der Waals surface area contributed by atoms with Crippen molar-refractivity contribution in [3.8, 4) is 0 Å². The molecule has 100 valence electrons. The number of rotatable bonds is 10. The molecule has 0 unspecified atom stereocenters. The van der Waals surface area contributed by atoms with Gasteiger partial charge in [-0.15, -0.1) is 6.58 Å². The summed E-state index contributed by atoms with van der Waals surface area (Å²) in [5, 5.41) is 0.960. The standard InChI is InChI=1S/C11H20O4S2/c1-3-9-17(14,15)11-8-6-5-7-10-16(12,13)4-2/h3-4H,1-2,5-11H2. The molecule has 0 saturated carbocycles. The van der Waals surface area contributed by atoms with E-state index in [-0.39, 0.29) is 17.3 Å². The second kappa shape index (κ2) is 7.66. The van der Waals surface area contributed by atoms with Gasteiger partial charge in [-0.2, -0.15) is 0 Å². The molecule has 0 aliphatic heterocycles. The number of unbranched alkanes of at least 4 members (excludes halogenated alkanes) is 3. The van der Waals surface area contributed by atoms with Gasteiger partial charge in [0.2, 0.25) is 0 Å². The first-order valence-corrected chi connectivity index (χ1v) is 9.03. The first kappa shape index (κ1) is 16.4. The Morgan fingerprint density at radius 2 is 1.35 bits per heavy atom. The summed E-state index contributed by atoms with van der Waals surface area (Å²) in [6.45, 7) is 6.61. The summed E-state index contributed by atoms with van der Waals surface area (Å²) >= 11 is 0. The van der Waals surface area contributed by atoms with Crippen LogP contribution in [0.4, 0.5) is 0 Å². The van der Waals surface area contributed by atoms with Crippen LogP contribution in [0.5, 0.6) is 0 Å². The van der Waals surface area contributed by atoms with Gasteiger partial charge < -0.3 is 0 Å². The fraction of sp³-hybridized carbons (Fsp3) is 0.636. The Balaban J connectivity index is 3.67. The van der Waals surface area contributed by atoms with E-state index >= 15 is 0 Å². The van der Waals surface area contributed by atoms with Gasteiger partial charge in [-0.25, -0.2) is 16.8 Å². The zero-order valence-electron chi connectivity index (χ0n) is 9.97. The van der Waals surface area contributed by atoms with E-state index in [1.807, 2.05) is 0 Å². The topological polar surface area (TPSA) is 68.3 Å². The zero-order valence-corrected chi connectivity index (χ0v) is 11.6. The van der Waals surface area contributed by atoms with Gasteiger partial charge in [0.05, 0.1) is 17.3 Å². The predicted molar refractivity (Wildman–Crippen MR) is 71.3 cm³/mol. The van der Waals surface area contributed by atoms with E-state index in [9.17, 15) is 16.8 Å². The minimum absolute atomic E-state index is 0.0117. The summed E-state index contributed by atoms with van der Waals surface area (Å²) in [4.78, 5) is 0. The third-order valence-corrected chi connectivity index (χ3v) is 5.28. The Labute approximate surface area is 104 Å². The Kier molecular flexibility index (Phi) is 7.38. The molecule has 0 amide bonds. The van der Waals surface area contributed by atoms with Crippen molar-refractivity contribution in [3.63, 3.8) is 0 Å². The Bertz CT molecular complexity index is 432. The average molecular weight is 280 g/mol. The second-order valence-electron chi connectivity index (χ2n) is 3.85. The van der Waals surface area contributed by atoms with E-state index in [1.54, 1.807) is 0 Å². The Morgan fingerprint density at radius 3 is 1.82 bits per heavy atom. The molecule has 0 aliphatic rings. The van der Waals surface area contributed by atoms with Crippen LogP contribution in [0.1, 0.15) is 25.7 Å². The van der Waals surface area contributed by atoms with Gasteiger partial charge in [0, 0.05) is 5.41 Å². The molecule has 0 fully saturated rings. The number of sulfone groups is 2. The van der Waals surface area contributed by atoms with E-state index in [4.69, 9.17) is 0 Å². The summed E-state index contributed by atoms with van der Waals surface area (Å²) in [6.07, 6.45) is 3.95. The molecule has 0 aliphatic carbocycles. The molecule has 0 aromatic rings. The maximum atomic E-state index is 11.3. The summed E-state index contributed by atoms with van der Waals surface area (Å²) in [6, 6.07) is 0. The molecular weight excluding hydrogens is 260 g/mol. The molecular formula is C11H20O4S2. The van der Waals surface area contributed by atoms with Crippen molar-refractivity contribution in [2.24, 2.45) is 0 Å². The van der Waals surface area contributed by atoms with Gasteiger partial charge in [0.1, 0.15) is 0 Å². The lowest BCUT2D eigenvalue weighted by molar-refractivity contribution is 0.587. The molecule has 17 heavy (non-hydrogen) atoms. The van der Waals surface area contributed by atoms with E-state index < -0.39 is 19.7 Å². The highest BCUT2D eigenvalue weighted by Crippen LogP contribution is 2.05. The van der Waals surface area contributed by atoms with Gasteiger partial charge in [-0.1, -0.05) is 25.5 Å². The van der Waals surface area contributed by atoms with E-state index in [0.717, 1.165) is 18.2 Å². The Morgan fingerprint density at radius 1 is 0.824 bits per heavy atom. The zero-order chi connectivity index (χ0) is 13.4. The normalized spacial score (nSPS) is 12.2. The third-order valence-electron chi connectivity index (χ3n) is 2.26. The lowest BCUT2D eigenvalue weighted by atomic mass is 10.2. The van der Waals surface area contributed by atoms with Crippen LogP contribution >= 0.6 is 0 Å². The van der Waals surface area contributed by atoms with Gasteiger partial charge in [-0.05, 0) is 12.8 Å². The van der Waals surface area contributed by atoms with E-state index in [2.05, 4.69) is 13.2 Å². The maximum absolute atomic E-state index is 11.3. The van der Waals surface area contributed by atoms with Crippen molar-refractivity contribution in [3.05, 3.63) is 24.6 Å². The maximum Gasteiger partial charge on any atom is 0.171 e. The first-order chi connectivity index (χ1) is 7.83. The highest BCUT2D eigenvalue weighted by Gasteiger charge is 2.08. The van der Waals surface area contributed by atoms with Gasteiger partial charge in [0.15, 0.2) is 19.7 Å². The van der Waals surface area contributed by atoms with Crippen molar-refractivity contribution < 1.29 is 16.8 Å². The smallest absolute Gasteiger partial charge is 0.171 e. The summed E-state index contributed by atoms with van der Waals surface area (Å²) < 4.78 is 44.7. The Hall–Kier alpha value is -0.620. The SMILES string of the molecule is C=CCS(=O)(=O)CCCCCCS(=O)(=O)C=C. The fourth-order valence-corrected chi connectivity index (χ4v) is 3.27. The van der Waals surface area contributed by atoms with Crippen molar-refractivity contribution in [1.29, 1.82) is 0 Å². The molecule has 0 heterocycles. The number of hydrogen-bond acceptors (Lipinski definition) is 4. The minimum Gasteiger partial charge on any atom is -0.229 e.